The van der Waals surface area contributed by atoms with Crippen LogP contribution in [0.15, 0.2) is 115 Å². The first-order valence-corrected chi connectivity index (χ1v) is 14.2. The van der Waals surface area contributed by atoms with Gasteiger partial charge in [-0.2, -0.15) is 0 Å². The van der Waals surface area contributed by atoms with Crippen LogP contribution in [0.1, 0.15) is 23.6 Å². The number of hydrogen-bond donors (Lipinski definition) is 0. The molecule has 0 spiro atoms. The van der Waals surface area contributed by atoms with Crippen molar-refractivity contribution in [1.82, 2.24) is 0 Å². The minimum absolute atomic E-state index is 0.447. The molecule has 38 heavy (non-hydrogen) atoms. The largest absolute Gasteiger partial charge is 0.135 e. The molecule has 0 nitrogen and oxygen atoms in total. The lowest BCUT2D eigenvalue weighted by atomic mass is 9.77. The van der Waals surface area contributed by atoms with Crippen LogP contribution in [-0.2, 0) is 6.42 Å². The first-order chi connectivity index (χ1) is 18.8. The smallest absolute Gasteiger partial charge is 0.0433 e. The molecule has 1 aliphatic rings. The zero-order valence-electron chi connectivity index (χ0n) is 21.2. The number of thiophene rings is 1. The Labute approximate surface area is 226 Å². The van der Waals surface area contributed by atoms with Gasteiger partial charge in [0.2, 0.25) is 0 Å². The standard InChI is InChI=1S/C37H26S/c1-23-20-34-29-14-4-2-12-27(29)28-13-3-5-15-30(28)35(34)22-33(23)25-11-8-10-24(21-25)26-17-9-18-32-31-16-6-7-19-36(31)38-37(26)32/h2-19,21-23H,20H2,1H3. The van der Waals surface area contributed by atoms with Crippen molar-refractivity contribution in [2.24, 2.45) is 5.92 Å². The van der Waals surface area contributed by atoms with Gasteiger partial charge in [-0.3, -0.25) is 0 Å². The minimum Gasteiger partial charge on any atom is -0.135 e. The van der Waals surface area contributed by atoms with Crippen molar-refractivity contribution in [3.8, 4) is 11.1 Å². The van der Waals surface area contributed by atoms with E-state index in [4.69, 9.17) is 0 Å². The lowest BCUT2D eigenvalue weighted by Crippen LogP contribution is -2.10. The van der Waals surface area contributed by atoms with Crippen molar-refractivity contribution in [1.29, 1.82) is 0 Å². The predicted octanol–water partition coefficient (Wildman–Crippen LogP) is 10.8. The summed E-state index contributed by atoms with van der Waals surface area (Å²) in [5.74, 6) is 0.447. The molecule has 1 atom stereocenters. The maximum atomic E-state index is 2.48. The van der Waals surface area contributed by atoms with E-state index in [-0.39, 0.29) is 0 Å². The van der Waals surface area contributed by atoms with E-state index >= 15 is 0 Å². The van der Waals surface area contributed by atoms with E-state index < -0.39 is 0 Å². The van der Waals surface area contributed by atoms with Gasteiger partial charge in [0.25, 0.3) is 0 Å². The van der Waals surface area contributed by atoms with Crippen LogP contribution in [-0.4, -0.2) is 0 Å². The van der Waals surface area contributed by atoms with E-state index in [0.29, 0.717) is 5.92 Å². The Morgan fingerprint density at radius 1 is 0.579 bits per heavy atom. The Morgan fingerprint density at radius 2 is 1.21 bits per heavy atom. The van der Waals surface area contributed by atoms with Crippen molar-refractivity contribution < 1.29 is 0 Å². The van der Waals surface area contributed by atoms with Crippen molar-refractivity contribution in [3.63, 3.8) is 0 Å². The van der Waals surface area contributed by atoms with Gasteiger partial charge in [0.05, 0.1) is 0 Å². The molecule has 1 aliphatic carbocycles. The monoisotopic (exact) mass is 502 g/mol. The first-order valence-electron chi connectivity index (χ1n) is 13.4. The van der Waals surface area contributed by atoms with E-state index in [1.165, 1.54) is 75.1 Å². The van der Waals surface area contributed by atoms with Crippen LogP contribution < -0.4 is 0 Å². The molecule has 0 fully saturated rings. The van der Waals surface area contributed by atoms with Gasteiger partial charge in [0.15, 0.2) is 0 Å². The Balaban J connectivity index is 1.33. The van der Waals surface area contributed by atoms with Gasteiger partial charge in [0.1, 0.15) is 0 Å². The normalized spacial score (nSPS) is 15.3. The van der Waals surface area contributed by atoms with Crippen LogP contribution >= 0.6 is 11.3 Å². The SMILES string of the molecule is CC1Cc2c(c3ccccc3c3ccccc23)C=C1c1cccc(-c2cccc3c2sc2ccccc23)c1. The molecular weight excluding hydrogens is 476 g/mol. The molecule has 6 aromatic carbocycles. The van der Waals surface area contributed by atoms with Crippen LogP contribution in [0, 0.1) is 5.92 Å². The molecule has 7 aromatic rings. The second-order valence-corrected chi connectivity index (χ2v) is 11.6. The molecule has 0 bridgehead atoms. The Kier molecular flexibility index (Phi) is 4.83. The number of rotatable bonds is 2. The van der Waals surface area contributed by atoms with E-state index in [2.05, 4.69) is 128 Å². The highest BCUT2D eigenvalue weighted by molar-refractivity contribution is 7.26. The van der Waals surface area contributed by atoms with E-state index in [1.54, 1.807) is 0 Å². The van der Waals surface area contributed by atoms with Crippen molar-refractivity contribution in [3.05, 3.63) is 132 Å². The van der Waals surface area contributed by atoms with Crippen LogP contribution in [0.4, 0.5) is 0 Å². The van der Waals surface area contributed by atoms with Crippen LogP contribution in [0.3, 0.4) is 0 Å². The summed E-state index contributed by atoms with van der Waals surface area (Å²) < 4.78 is 2.73. The minimum atomic E-state index is 0.447. The third-order valence-corrected chi connectivity index (χ3v) is 9.56. The molecule has 180 valence electrons. The van der Waals surface area contributed by atoms with Crippen molar-refractivity contribution in [2.75, 3.05) is 0 Å². The summed E-state index contributed by atoms with van der Waals surface area (Å²) >= 11 is 1.90. The van der Waals surface area contributed by atoms with Gasteiger partial charge in [-0.25, -0.2) is 0 Å². The van der Waals surface area contributed by atoms with Gasteiger partial charge >= 0.3 is 0 Å². The van der Waals surface area contributed by atoms with Gasteiger partial charge in [-0.1, -0.05) is 110 Å². The second-order valence-electron chi connectivity index (χ2n) is 10.5. The molecule has 1 unspecified atom stereocenters. The first kappa shape index (κ1) is 21.8. The molecule has 0 amide bonds. The highest BCUT2D eigenvalue weighted by Gasteiger charge is 2.23. The average molecular weight is 503 g/mol. The average Bonchev–Trinajstić information content (AvgIpc) is 3.36. The molecule has 8 rings (SSSR count). The molecule has 1 aromatic heterocycles. The van der Waals surface area contributed by atoms with E-state index in [0.717, 1.165) is 6.42 Å². The van der Waals surface area contributed by atoms with Gasteiger partial charge in [0, 0.05) is 20.2 Å². The zero-order chi connectivity index (χ0) is 25.2. The number of benzene rings is 6. The molecular formula is C37H26S. The fourth-order valence-electron chi connectivity index (χ4n) is 6.55. The van der Waals surface area contributed by atoms with Crippen molar-refractivity contribution in [2.45, 2.75) is 13.3 Å². The maximum Gasteiger partial charge on any atom is 0.0433 e. The van der Waals surface area contributed by atoms with Crippen molar-refractivity contribution >= 4 is 64.7 Å². The summed E-state index contributed by atoms with van der Waals surface area (Å²) in [6, 6.07) is 42.6. The molecule has 0 radical (unpaired) electrons. The summed E-state index contributed by atoms with van der Waals surface area (Å²) in [6.45, 7) is 2.39. The molecule has 0 N–H and O–H groups in total. The van der Waals surface area contributed by atoms with Crippen LogP contribution in [0.25, 0.3) is 64.5 Å². The fraction of sp³-hybridized carbons (Fsp3) is 0.0811. The Hall–Kier alpha value is -4.20. The fourth-order valence-corrected chi connectivity index (χ4v) is 7.79. The van der Waals surface area contributed by atoms with E-state index in [1.807, 2.05) is 11.3 Å². The van der Waals surface area contributed by atoms with Gasteiger partial charge < -0.3 is 0 Å². The summed E-state index contributed by atoms with van der Waals surface area (Å²) in [7, 11) is 0. The molecule has 1 heterocycles. The number of fused-ring (bicyclic) bond motifs is 9. The van der Waals surface area contributed by atoms with E-state index in [9.17, 15) is 0 Å². The molecule has 0 saturated heterocycles. The number of allylic oxidation sites excluding steroid dienone is 1. The summed E-state index contributed by atoms with van der Waals surface area (Å²) in [6.07, 6.45) is 3.54. The van der Waals surface area contributed by atoms with Gasteiger partial charge in [-0.05, 0) is 85.5 Å². The molecule has 1 heteroatoms. The molecule has 0 aliphatic heterocycles. The number of hydrogen-bond acceptors (Lipinski definition) is 1. The lowest BCUT2D eigenvalue weighted by Gasteiger charge is -2.27. The quantitative estimate of drug-likeness (QED) is 0.206. The highest BCUT2D eigenvalue weighted by atomic mass is 32.1. The van der Waals surface area contributed by atoms with Crippen LogP contribution in [0.5, 0.6) is 0 Å². The Morgan fingerprint density at radius 3 is 2.05 bits per heavy atom. The zero-order valence-corrected chi connectivity index (χ0v) is 22.1. The van der Waals surface area contributed by atoms with Gasteiger partial charge in [-0.15, -0.1) is 11.3 Å². The summed E-state index contributed by atoms with van der Waals surface area (Å²) in [5, 5.41) is 8.17. The molecule has 0 saturated carbocycles. The predicted molar refractivity (Wildman–Crippen MR) is 167 cm³/mol. The Bertz CT molecular complexity index is 2070. The third-order valence-electron chi connectivity index (χ3n) is 8.34. The van der Waals surface area contributed by atoms with Crippen LogP contribution in [0.2, 0.25) is 0 Å². The highest BCUT2D eigenvalue weighted by Crippen LogP contribution is 2.44. The summed E-state index contributed by atoms with van der Waals surface area (Å²) in [4.78, 5) is 0. The summed E-state index contributed by atoms with van der Waals surface area (Å²) in [5.41, 5.74) is 8.26. The maximum absolute atomic E-state index is 2.48. The third kappa shape index (κ3) is 3.22. The topological polar surface area (TPSA) is 0 Å². The second kappa shape index (κ2) is 8.41. The lowest BCUT2D eigenvalue weighted by molar-refractivity contribution is 0.743.